The smallest absolute Gasteiger partial charge is 0.160 e. The van der Waals surface area contributed by atoms with Gasteiger partial charge in [-0.15, -0.1) is 0 Å². The topological polar surface area (TPSA) is 64.3 Å². The van der Waals surface area contributed by atoms with Crippen molar-refractivity contribution in [2.75, 3.05) is 11.1 Å². The van der Waals surface area contributed by atoms with Crippen LogP contribution in [0.25, 0.3) is 21.9 Å². The lowest BCUT2D eigenvalue weighted by Crippen LogP contribution is -1.99. The van der Waals surface area contributed by atoms with Crippen molar-refractivity contribution >= 4 is 33.3 Å². The van der Waals surface area contributed by atoms with Gasteiger partial charge in [0.2, 0.25) is 0 Å². The zero-order chi connectivity index (χ0) is 14.2. The third kappa shape index (κ3) is 1.92. The molecule has 0 saturated carbocycles. The largest absolute Gasteiger partial charge is 0.467 e. The van der Waals surface area contributed by atoms with Gasteiger partial charge in [-0.25, -0.2) is 0 Å². The molecule has 104 valence electrons. The molecule has 0 spiro atoms. The average Bonchev–Trinajstić information content (AvgIpc) is 3.14. The monoisotopic (exact) mass is 278 g/mol. The molecular formula is C17H14N2O2. The summed E-state index contributed by atoms with van der Waals surface area (Å²) in [5.74, 6) is 0.871. The molecule has 0 bridgehead atoms. The molecule has 0 atom stereocenters. The van der Waals surface area contributed by atoms with Gasteiger partial charge in [0, 0.05) is 11.1 Å². The van der Waals surface area contributed by atoms with Crippen LogP contribution in [0.3, 0.4) is 0 Å². The first-order valence-corrected chi connectivity index (χ1v) is 6.79. The molecule has 4 heteroatoms. The first-order chi connectivity index (χ1) is 10.3. The zero-order valence-corrected chi connectivity index (χ0v) is 11.3. The number of benzene rings is 2. The number of nitrogens with one attached hydrogen (secondary N) is 1. The lowest BCUT2D eigenvalue weighted by atomic mass is 10.1. The summed E-state index contributed by atoms with van der Waals surface area (Å²) in [6, 6.07) is 15.5. The second-order valence-electron chi connectivity index (χ2n) is 4.94. The number of hydrogen-bond donors (Lipinski definition) is 2. The van der Waals surface area contributed by atoms with Crippen LogP contribution in [0.4, 0.5) is 11.4 Å². The molecule has 0 amide bonds. The summed E-state index contributed by atoms with van der Waals surface area (Å²) in [5, 5.41) is 5.32. The summed E-state index contributed by atoms with van der Waals surface area (Å²) in [5.41, 5.74) is 9.37. The van der Waals surface area contributed by atoms with Gasteiger partial charge in [-0.3, -0.25) is 0 Å². The summed E-state index contributed by atoms with van der Waals surface area (Å²) in [7, 11) is 0. The Balaban J connectivity index is 1.84. The van der Waals surface area contributed by atoms with Crippen LogP contribution >= 0.6 is 0 Å². The number of nitrogen functional groups attached to an aromatic ring is 1. The van der Waals surface area contributed by atoms with Crippen LogP contribution in [0.1, 0.15) is 5.76 Å². The van der Waals surface area contributed by atoms with Crippen molar-refractivity contribution in [3.63, 3.8) is 0 Å². The van der Waals surface area contributed by atoms with Crippen molar-refractivity contribution in [2.45, 2.75) is 6.54 Å². The number of nitrogens with two attached hydrogens (primary N) is 1. The van der Waals surface area contributed by atoms with E-state index in [2.05, 4.69) is 5.32 Å². The highest BCUT2D eigenvalue weighted by Crippen LogP contribution is 2.37. The number of rotatable bonds is 3. The highest BCUT2D eigenvalue weighted by molar-refractivity contribution is 6.14. The van der Waals surface area contributed by atoms with Gasteiger partial charge in [0.1, 0.15) is 11.3 Å². The van der Waals surface area contributed by atoms with Crippen molar-refractivity contribution < 1.29 is 8.83 Å². The minimum absolute atomic E-state index is 0.600. The predicted molar refractivity (Wildman–Crippen MR) is 84.2 cm³/mol. The van der Waals surface area contributed by atoms with Crippen molar-refractivity contribution in [3.05, 3.63) is 60.6 Å². The lowest BCUT2D eigenvalue weighted by molar-refractivity contribution is 0.518. The number of para-hydroxylation sites is 1. The third-order valence-electron chi connectivity index (χ3n) is 3.59. The van der Waals surface area contributed by atoms with E-state index in [1.165, 1.54) is 0 Å². The SMILES string of the molecule is Nc1ccc(NCc2ccco2)c2oc3ccccc3c12. The Kier molecular flexibility index (Phi) is 2.60. The van der Waals surface area contributed by atoms with E-state index in [1.54, 1.807) is 6.26 Å². The maximum atomic E-state index is 6.12. The van der Waals surface area contributed by atoms with E-state index in [4.69, 9.17) is 14.6 Å². The van der Waals surface area contributed by atoms with E-state index in [0.29, 0.717) is 6.54 Å². The van der Waals surface area contributed by atoms with Crippen molar-refractivity contribution in [1.29, 1.82) is 0 Å². The first-order valence-electron chi connectivity index (χ1n) is 6.79. The molecule has 21 heavy (non-hydrogen) atoms. The molecule has 0 aliphatic rings. The Morgan fingerprint density at radius 2 is 1.90 bits per heavy atom. The average molecular weight is 278 g/mol. The summed E-state index contributed by atoms with van der Waals surface area (Å²) in [6.07, 6.45) is 1.66. The Hall–Kier alpha value is -2.88. The van der Waals surface area contributed by atoms with Crippen LogP contribution in [-0.2, 0) is 6.54 Å². The normalized spacial score (nSPS) is 11.2. The summed E-state index contributed by atoms with van der Waals surface area (Å²) >= 11 is 0. The zero-order valence-electron chi connectivity index (χ0n) is 11.3. The van der Waals surface area contributed by atoms with Crippen molar-refractivity contribution in [1.82, 2.24) is 0 Å². The minimum Gasteiger partial charge on any atom is -0.467 e. The number of furan rings is 2. The van der Waals surface area contributed by atoms with Crippen molar-refractivity contribution in [2.24, 2.45) is 0 Å². The predicted octanol–water partition coefficient (Wildman–Crippen LogP) is 4.37. The molecule has 0 unspecified atom stereocenters. The van der Waals surface area contributed by atoms with Gasteiger partial charge in [-0.05, 0) is 30.3 Å². The minimum atomic E-state index is 0.600. The fourth-order valence-corrected chi connectivity index (χ4v) is 2.59. The Labute approximate surface area is 121 Å². The molecule has 4 nitrogen and oxygen atoms in total. The van der Waals surface area contributed by atoms with Gasteiger partial charge in [0.25, 0.3) is 0 Å². The van der Waals surface area contributed by atoms with E-state index in [-0.39, 0.29) is 0 Å². The fourth-order valence-electron chi connectivity index (χ4n) is 2.59. The second-order valence-corrected chi connectivity index (χ2v) is 4.94. The van der Waals surface area contributed by atoms with E-state index in [1.807, 2.05) is 48.5 Å². The number of hydrogen-bond acceptors (Lipinski definition) is 4. The van der Waals surface area contributed by atoms with Gasteiger partial charge < -0.3 is 19.9 Å². The number of fused-ring (bicyclic) bond motifs is 3. The molecule has 3 N–H and O–H groups in total. The van der Waals surface area contributed by atoms with Crippen LogP contribution in [0.5, 0.6) is 0 Å². The standard InChI is InChI=1S/C17H14N2O2/c18-13-7-8-14(19-10-11-4-3-9-20-11)17-16(13)12-5-1-2-6-15(12)21-17/h1-9,19H,10,18H2. The lowest BCUT2D eigenvalue weighted by Gasteiger charge is -2.06. The van der Waals surface area contributed by atoms with Crippen LogP contribution in [0.2, 0.25) is 0 Å². The molecule has 2 aromatic heterocycles. The molecule has 2 heterocycles. The van der Waals surface area contributed by atoms with Crippen LogP contribution in [0, 0.1) is 0 Å². The van der Waals surface area contributed by atoms with E-state index in [0.717, 1.165) is 39.1 Å². The van der Waals surface area contributed by atoms with Gasteiger partial charge in [0.15, 0.2) is 5.58 Å². The van der Waals surface area contributed by atoms with Gasteiger partial charge >= 0.3 is 0 Å². The van der Waals surface area contributed by atoms with Crippen LogP contribution in [0.15, 0.2) is 63.6 Å². The van der Waals surface area contributed by atoms with Gasteiger partial charge in [-0.2, -0.15) is 0 Å². The quantitative estimate of drug-likeness (QED) is 0.546. The number of anilines is 2. The van der Waals surface area contributed by atoms with Gasteiger partial charge in [-0.1, -0.05) is 18.2 Å². The molecule has 0 saturated heterocycles. The summed E-state index contributed by atoms with van der Waals surface area (Å²) in [6.45, 7) is 0.600. The van der Waals surface area contributed by atoms with Crippen LogP contribution in [-0.4, -0.2) is 0 Å². The van der Waals surface area contributed by atoms with Gasteiger partial charge in [0.05, 0.1) is 23.9 Å². The Morgan fingerprint density at radius 3 is 2.76 bits per heavy atom. The molecule has 0 fully saturated rings. The fraction of sp³-hybridized carbons (Fsp3) is 0.0588. The Bertz CT molecular complexity index is 907. The molecule has 0 aliphatic heterocycles. The van der Waals surface area contributed by atoms with E-state index >= 15 is 0 Å². The maximum absolute atomic E-state index is 6.12. The first kappa shape index (κ1) is 11.9. The highest BCUT2D eigenvalue weighted by atomic mass is 16.3. The highest BCUT2D eigenvalue weighted by Gasteiger charge is 2.13. The maximum Gasteiger partial charge on any atom is 0.160 e. The second kappa shape index (κ2) is 4.59. The van der Waals surface area contributed by atoms with E-state index < -0.39 is 0 Å². The van der Waals surface area contributed by atoms with E-state index in [9.17, 15) is 0 Å². The molecule has 0 radical (unpaired) electrons. The molecule has 0 aliphatic carbocycles. The summed E-state index contributed by atoms with van der Waals surface area (Å²) in [4.78, 5) is 0. The third-order valence-corrected chi connectivity index (χ3v) is 3.59. The molecule has 4 rings (SSSR count). The molecule has 4 aromatic rings. The molecular weight excluding hydrogens is 264 g/mol. The molecule has 2 aromatic carbocycles. The summed E-state index contributed by atoms with van der Waals surface area (Å²) < 4.78 is 11.3. The van der Waals surface area contributed by atoms with Crippen molar-refractivity contribution in [3.8, 4) is 0 Å². The van der Waals surface area contributed by atoms with Crippen LogP contribution < -0.4 is 11.1 Å². The Morgan fingerprint density at radius 1 is 1.00 bits per heavy atom.